The van der Waals surface area contributed by atoms with Crippen LogP contribution in [0.3, 0.4) is 0 Å². The molecule has 0 radical (unpaired) electrons. The summed E-state index contributed by atoms with van der Waals surface area (Å²) in [7, 11) is 1.35. The summed E-state index contributed by atoms with van der Waals surface area (Å²) in [6, 6.07) is 15.2. The number of ether oxygens (including phenoxy) is 1. The Hall–Kier alpha value is -2.53. The van der Waals surface area contributed by atoms with Crippen LogP contribution in [0.4, 0.5) is 11.4 Å². The molecular weight excluding hydrogens is 326 g/mol. The van der Waals surface area contributed by atoms with Gasteiger partial charge in [-0.2, -0.15) is 0 Å². The predicted molar refractivity (Wildman–Crippen MR) is 96.6 cm³/mol. The second kappa shape index (κ2) is 7.36. The topological polar surface area (TPSA) is 53.9 Å². The Labute approximate surface area is 145 Å². The number of hydrogen-bond acceptors (Lipinski definition) is 4. The number of rotatable bonds is 2. The van der Waals surface area contributed by atoms with E-state index in [9.17, 15) is 4.79 Å². The van der Waals surface area contributed by atoms with Crippen molar-refractivity contribution >= 4 is 34.8 Å². The minimum atomic E-state index is -0.494. The van der Waals surface area contributed by atoms with Gasteiger partial charge in [-0.25, -0.2) is 4.79 Å². The van der Waals surface area contributed by atoms with Gasteiger partial charge in [0.05, 0.1) is 17.8 Å². The number of methoxy groups -OCH3 is 1. The molecule has 0 aromatic heterocycles. The highest BCUT2D eigenvalue weighted by Crippen LogP contribution is 2.27. The smallest absolute Gasteiger partial charge is 0.376 e. The first-order valence-electron chi connectivity index (χ1n) is 7.72. The summed E-state index contributed by atoms with van der Waals surface area (Å²) in [5.41, 5.74) is 5.67. The van der Waals surface area contributed by atoms with E-state index in [4.69, 9.17) is 16.3 Å². The first-order valence-corrected chi connectivity index (χ1v) is 8.10. The Morgan fingerprint density at radius 1 is 1.21 bits per heavy atom. The second-order valence-electron chi connectivity index (χ2n) is 5.40. The monoisotopic (exact) mass is 343 g/mol. The van der Waals surface area contributed by atoms with Crippen LogP contribution in [0.15, 0.2) is 53.6 Å². The number of nitrogens with one attached hydrogen (secondary N) is 1. The molecule has 5 nitrogen and oxygen atoms in total. The Kier molecular flexibility index (Phi) is 5.01. The standard InChI is InChI=1S/C18H18ClN3O2/c1-24-18(23)17(21-20-15-10-4-3-9-14(15)19)22-12-6-8-13-7-2-5-11-16(13)22/h2-5,7,9-11,20H,6,8,12H2,1H3/b21-17-. The Balaban J connectivity index is 1.95. The number of esters is 1. The molecule has 0 bridgehead atoms. The fourth-order valence-corrected chi connectivity index (χ4v) is 2.90. The molecule has 124 valence electrons. The van der Waals surface area contributed by atoms with E-state index in [0.717, 1.165) is 18.5 Å². The minimum Gasteiger partial charge on any atom is -0.463 e. The van der Waals surface area contributed by atoms with E-state index in [1.165, 1.54) is 12.7 Å². The number of nitrogens with zero attached hydrogens (tertiary/aromatic N) is 2. The van der Waals surface area contributed by atoms with Crippen LogP contribution in [0.1, 0.15) is 12.0 Å². The highest BCUT2D eigenvalue weighted by Gasteiger charge is 2.26. The summed E-state index contributed by atoms with van der Waals surface area (Å²) in [4.78, 5) is 14.1. The lowest BCUT2D eigenvalue weighted by Crippen LogP contribution is -2.41. The molecule has 1 aliphatic heterocycles. The molecule has 0 amide bonds. The molecule has 2 aromatic rings. The number of hydrazone groups is 1. The Morgan fingerprint density at radius 2 is 1.96 bits per heavy atom. The minimum absolute atomic E-state index is 0.213. The van der Waals surface area contributed by atoms with Gasteiger partial charge in [0, 0.05) is 12.2 Å². The van der Waals surface area contributed by atoms with E-state index in [2.05, 4.69) is 16.6 Å². The fraction of sp³-hybridized carbons (Fsp3) is 0.222. The van der Waals surface area contributed by atoms with E-state index in [1.807, 2.05) is 35.2 Å². The average molecular weight is 344 g/mol. The molecular formula is C18H18ClN3O2. The third-order valence-electron chi connectivity index (χ3n) is 3.89. The van der Waals surface area contributed by atoms with Crippen LogP contribution in [-0.2, 0) is 16.0 Å². The fourth-order valence-electron chi connectivity index (χ4n) is 2.73. The molecule has 24 heavy (non-hydrogen) atoms. The number of hydrogen-bond donors (Lipinski definition) is 1. The summed E-state index contributed by atoms with van der Waals surface area (Å²) in [5.74, 6) is -0.282. The summed E-state index contributed by atoms with van der Waals surface area (Å²) in [5, 5.41) is 4.81. The van der Waals surface area contributed by atoms with Crippen LogP contribution in [0.5, 0.6) is 0 Å². The van der Waals surface area contributed by atoms with Gasteiger partial charge in [-0.15, -0.1) is 5.10 Å². The van der Waals surface area contributed by atoms with E-state index in [-0.39, 0.29) is 5.84 Å². The van der Waals surface area contributed by atoms with Crippen molar-refractivity contribution in [2.24, 2.45) is 5.10 Å². The maximum atomic E-state index is 12.3. The molecule has 2 aromatic carbocycles. The summed E-state index contributed by atoms with van der Waals surface area (Å²) >= 11 is 6.13. The first-order chi connectivity index (χ1) is 11.7. The van der Waals surface area contributed by atoms with Crippen LogP contribution < -0.4 is 10.3 Å². The first kappa shape index (κ1) is 16.3. The lowest BCUT2D eigenvalue weighted by molar-refractivity contribution is -0.132. The molecule has 6 heteroatoms. The molecule has 0 atom stereocenters. The highest BCUT2D eigenvalue weighted by molar-refractivity contribution is 6.41. The molecule has 1 N–H and O–H groups in total. The largest absolute Gasteiger partial charge is 0.463 e. The van der Waals surface area contributed by atoms with Crippen molar-refractivity contribution in [1.82, 2.24) is 0 Å². The SMILES string of the molecule is COC(=O)/C(=N/Nc1ccccc1Cl)N1CCCc2ccccc21. The van der Waals surface area contributed by atoms with Gasteiger partial charge in [0.25, 0.3) is 0 Å². The van der Waals surface area contributed by atoms with Gasteiger partial charge < -0.3 is 9.64 Å². The van der Waals surface area contributed by atoms with E-state index < -0.39 is 5.97 Å². The molecule has 0 spiro atoms. The van der Waals surface area contributed by atoms with Gasteiger partial charge in [0.15, 0.2) is 0 Å². The van der Waals surface area contributed by atoms with Gasteiger partial charge >= 0.3 is 5.97 Å². The third-order valence-corrected chi connectivity index (χ3v) is 4.22. The van der Waals surface area contributed by atoms with Crippen molar-refractivity contribution < 1.29 is 9.53 Å². The summed E-state index contributed by atoms with van der Waals surface area (Å²) in [6.45, 7) is 0.704. The maximum absolute atomic E-state index is 12.3. The number of para-hydroxylation sites is 2. The van der Waals surface area contributed by atoms with Crippen LogP contribution in [-0.4, -0.2) is 25.5 Å². The summed E-state index contributed by atoms with van der Waals surface area (Å²) < 4.78 is 4.91. The van der Waals surface area contributed by atoms with Crippen LogP contribution in [0, 0.1) is 0 Å². The van der Waals surface area contributed by atoms with Crippen molar-refractivity contribution in [2.75, 3.05) is 24.0 Å². The normalized spacial score (nSPS) is 14.1. The van der Waals surface area contributed by atoms with Crippen LogP contribution in [0.25, 0.3) is 0 Å². The number of aryl methyl sites for hydroxylation is 1. The third kappa shape index (κ3) is 3.36. The van der Waals surface area contributed by atoms with Gasteiger partial charge in [0.2, 0.25) is 5.84 Å². The number of amidine groups is 1. The molecule has 3 rings (SSSR count). The Bertz CT molecular complexity index is 776. The Morgan fingerprint density at radius 3 is 2.75 bits per heavy atom. The number of carbonyl (C=O) groups is 1. The number of anilines is 2. The summed E-state index contributed by atoms with van der Waals surface area (Å²) in [6.07, 6.45) is 1.93. The van der Waals surface area contributed by atoms with Crippen LogP contribution in [0.2, 0.25) is 5.02 Å². The average Bonchev–Trinajstić information content (AvgIpc) is 2.63. The zero-order valence-corrected chi connectivity index (χ0v) is 14.1. The number of halogens is 1. The quantitative estimate of drug-likeness (QED) is 0.391. The van der Waals surface area contributed by atoms with Gasteiger partial charge in [0.1, 0.15) is 0 Å². The molecule has 0 unspecified atom stereocenters. The number of benzene rings is 2. The molecule has 0 saturated carbocycles. The van der Waals surface area contributed by atoms with E-state index in [0.29, 0.717) is 17.3 Å². The van der Waals surface area contributed by atoms with Gasteiger partial charge in [-0.3, -0.25) is 5.43 Å². The van der Waals surface area contributed by atoms with Crippen molar-refractivity contribution in [1.29, 1.82) is 0 Å². The molecule has 0 fully saturated rings. The maximum Gasteiger partial charge on any atom is 0.376 e. The van der Waals surface area contributed by atoms with Gasteiger partial charge in [-0.1, -0.05) is 41.9 Å². The van der Waals surface area contributed by atoms with Crippen molar-refractivity contribution in [3.63, 3.8) is 0 Å². The second-order valence-corrected chi connectivity index (χ2v) is 5.81. The van der Waals surface area contributed by atoms with Crippen molar-refractivity contribution in [2.45, 2.75) is 12.8 Å². The van der Waals surface area contributed by atoms with E-state index >= 15 is 0 Å². The predicted octanol–water partition coefficient (Wildman–Crippen LogP) is 3.69. The van der Waals surface area contributed by atoms with Crippen molar-refractivity contribution in [3.8, 4) is 0 Å². The molecule has 0 aliphatic carbocycles. The number of fused-ring (bicyclic) bond motifs is 1. The molecule has 1 heterocycles. The van der Waals surface area contributed by atoms with Crippen molar-refractivity contribution in [3.05, 3.63) is 59.1 Å². The lowest BCUT2D eigenvalue weighted by Gasteiger charge is -2.30. The molecule has 0 saturated heterocycles. The van der Waals surface area contributed by atoms with Gasteiger partial charge in [-0.05, 0) is 36.6 Å². The highest BCUT2D eigenvalue weighted by atomic mass is 35.5. The molecule has 1 aliphatic rings. The lowest BCUT2D eigenvalue weighted by atomic mass is 10.0. The zero-order chi connectivity index (χ0) is 16.9. The zero-order valence-electron chi connectivity index (χ0n) is 13.3. The van der Waals surface area contributed by atoms with Crippen LogP contribution >= 0.6 is 11.6 Å². The van der Waals surface area contributed by atoms with E-state index in [1.54, 1.807) is 12.1 Å². The number of carbonyl (C=O) groups excluding carboxylic acids is 1.